The van der Waals surface area contributed by atoms with Gasteiger partial charge in [0.1, 0.15) is 0 Å². The van der Waals surface area contributed by atoms with Crippen LogP contribution < -0.4 is 5.32 Å². The normalized spacial score (nSPS) is 14.8. The maximum absolute atomic E-state index is 11.7. The number of benzene rings is 1. The molecule has 1 N–H and O–H groups in total. The van der Waals surface area contributed by atoms with Crippen molar-refractivity contribution in [1.29, 1.82) is 0 Å². The van der Waals surface area contributed by atoms with Crippen molar-refractivity contribution in [3.8, 4) is 0 Å². The molecular formula is C11H12N2O3. The lowest BCUT2D eigenvalue weighted by Crippen LogP contribution is -2.24. The van der Waals surface area contributed by atoms with Crippen molar-refractivity contribution in [3.05, 3.63) is 39.9 Å². The van der Waals surface area contributed by atoms with E-state index in [2.05, 4.69) is 5.32 Å². The summed E-state index contributed by atoms with van der Waals surface area (Å²) < 4.78 is 0. The molecule has 1 saturated carbocycles. The first kappa shape index (κ1) is 10.8. The summed E-state index contributed by atoms with van der Waals surface area (Å²) in [6.07, 6.45) is 2.23. The molecule has 0 saturated heterocycles. The standard InChI is InChI=1S/C11H12N2O3/c14-11(7-12-9-4-5-9)8-2-1-3-10(6-8)13(15)16/h1-3,6,9,12H,4-5,7H2. The lowest BCUT2D eigenvalue weighted by atomic mass is 10.1. The fraction of sp³-hybridized carbons (Fsp3) is 0.364. The Hall–Kier alpha value is -1.75. The predicted octanol–water partition coefficient (Wildman–Crippen LogP) is 1.53. The fourth-order valence-electron chi connectivity index (χ4n) is 1.42. The molecule has 0 bridgehead atoms. The Balaban J connectivity index is 2.03. The van der Waals surface area contributed by atoms with Crippen LogP contribution in [0.4, 0.5) is 5.69 Å². The number of nitrogens with one attached hydrogen (secondary N) is 1. The highest BCUT2D eigenvalue weighted by molar-refractivity contribution is 5.98. The Morgan fingerprint density at radius 3 is 2.88 bits per heavy atom. The second-order valence-corrected chi connectivity index (χ2v) is 3.89. The minimum Gasteiger partial charge on any atom is -0.307 e. The number of carbonyl (C=O) groups excluding carboxylic acids is 1. The SMILES string of the molecule is O=C(CNC1CC1)c1cccc([N+](=O)[O-])c1. The van der Waals surface area contributed by atoms with E-state index in [1.54, 1.807) is 6.07 Å². The fourth-order valence-corrected chi connectivity index (χ4v) is 1.42. The third kappa shape index (κ3) is 2.64. The minimum absolute atomic E-state index is 0.0442. The summed E-state index contributed by atoms with van der Waals surface area (Å²) in [5, 5.41) is 13.6. The van der Waals surface area contributed by atoms with E-state index in [4.69, 9.17) is 0 Å². The van der Waals surface area contributed by atoms with Crippen molar-refractivity contribution >= 4 is 11.5 Å². The number of non-ortho nitro benzene ring substituents is 1. The highest BCUT2D eigenvalue weighted by Gasteiger charge is 2.21. The smallest absolute Gasteiger partial charge is 0.270 e. The zero-order chi connectivity index (χ0) is 11.5. The Morgan fingerprint density at radius 2 is 2.25 bits per heavy atom. The third-order valence-corrected chi connectivity index (χ3v) is 2.51. The van der Waals surface area contributed by atoms with Crippen molar-refractivity contribution in [2.75, 3.05) is 6.54 Å². The van der Waals surface area contributed by atoms with Gasteiger partial charge in [-0.25, -0.2) is 0 Å². The van der Waals surface area contributed by atoms with Crippen LogP contribution in [0.15, 0.2) is 24.3 Å². The number of hydrogen-bond acceptors (Lipinski definition) is 4. The molecule has 1 aromatic carbocycles. The quantitative estimate of drug-likeness (QED) is 0.464. The van der Waals surface area contributed by atoms with Gasteiger partial charge in [0.2, 0.25) is 0 Å². The van der Waals surface area contributed by atoms with Crippen LogP contribution in [0.5, 0.6) is 0 Å². The van der Waals surface area contributed by atoms with Crippen LogP contribution in [0.2, 0.25) is 0 Å². The second-order valence-electron chi connectivity index (χ2n) is 3.89. The number of Topliss-reactive ketones (excluding diaryl/α,β-unsaturated/α-hetero) is 1. The highest BCUT2D eigenvalue weighted by atomic mass is 16.6. The zero-order valence-electron chi connectivity index (χ0n) is 8.68. The molecular weight excluding hydrogens is 208 g/mol. The molecule has 0 atom stereocenters. The first-order valence-electron chi connectivity index (χ1n) is 5.18. The molecule has 84 valence electrons. The molecule has 1 aromatic rings. The summed E-state index contributed by atoms with van der Waals surface area (Å²) in [6.45, 7) is 0.256. The number of hydrogen-bond donors (Lipinski definition) is 1. The number of nitro groups is 1. The number of rotatable bonds is 5. The predicted molar refractivity (Wildman–Crippen MR) is 58.5 cm³/mol. The van der Waals surface area contributed by atoms with E-state index >= 15 is 0 Å². The van der Waals surface area contributed by atoms with Gasteiger partial charge in [-0.3, -0.25) is 14.9 Å². The number of nitrogens with zero attached hydrogens (tertiary/aromatic N) is 1. The van der Waals surface area contributed by atoms with Crippen molar-refractivity contribution in [1.82, 2.24) is 5.32 Å². The molecule has 1 aliphatic carbocycles. The molecule has 5 nitrogen and oxygen atoms in total. The number of nitro benzene ring substituents is 1. The molecule has 0 amide bonds. The molecule has 1 aliphatic rings. The van der Waals surface area contributed by atoms with Crippen LogP contribution in [0.25, 0.3) is 0 Å². The highest BCUT2D eigenvalue weighted by Crippen LogP contribution is 2.19. The van der Waals surface area contributed by atoms with Crippen LogP contribution >= 0.6 is 0 Å². The summed E-state index contributed by atoms with van der Waals surface area (Å²) in [5.74, 6) is -0.101. The summed E-state index contributed by atoms with van der Waals surface area (Å²) >= 11 is 0. The molecule has 5 heteroatoms. The Kier molecular flexibility index (Phi) is 2.96. The van der Waals surface area contributed by atoms with Crippen LogP contribution in [0, 0.1) is 10.1 Å². The first-order chi connectivity index (χ1) is 7.66. The lowest BCUT2D eigenvalue weighted by molar-refractivity contribution is -0.384. The average Bonchev–Trinajstić information content (AvgIpc) is 3.10. The molecule has 0 aromatic heterocycles. The Labute approximate surface area is 92.6 Å². The molecule has 0 unspecified atom stereocenters. The van der Waals surface area contributed by atoms with Gasteiger partial charge >= 0.3 is 0 Å². The van der Waals surface area contributed by atoms with E-state index in [0.29, 0.717) is 11.6 Å². The summed E-state index contributed by atoms with van der Waals surface area (Å²) in [5.41, 5.74) is 0.347. The van der Waals surface area contributed by atoms with Crippen LogP contribution in [-0.4, -0.2) is 23.3 Å². The third-order valence-electron chi connectivity index (χ3n) is 2.51. The van der Waals surface area contributed by atoms with Crippen LogP contribution in [0.3, 0.4) is 0 Å². The molecule has 1 fully saturated rings. The van der Waals surface area contributed by atoms with Crippen molar-refractivity contribution in [2.24, 2.45) is 0 Å². The maximum Gasteiger partial charge on any atom is 0.270 e. The largest absolute Gasteiger partial charge is 0.307 e. The van der Waals surface area contributed by atoms with Gasteiger partial charge in [-0.1, -0.05) is 12.1 Å². The first-order valence-corrected chi connectivity index (χ1v) is 5.18. The Morgan fingerprint density at radius 1 is 1.50 bits per heavy atom. The monoisotopic (exact) mass is 220 g/mol. The van der Waals surface area contributed by atoms with Crippen molar-refractivity contribution in [2.45, 2.75) is 18.9 Å². The second kappa shape index (κ2) is 4.40. The van der Waals surface area contributed by atoms with Crippen LogP contribution in [0.1, 0.15) is 23.2 Å². The molecule has 0 heterocycles. The minimum atomic E-state index is -0.495. The van der Waals surface area contributed by atoms with Gasteiger partial charge in [0.05, 0.1) is 11.5 Å². The van der Waals surface area contributed by atoms with Gasteiger partial charge in [0.25, 0.3) is 5.69 Å². The van der Waals surface area contributed by atoms with E-state index in [1.807, 2.05) is 0 Å². The van der Waals surface area contributed by atoms with Gasteiger partial charge in [-0.05, 0) is 12.8 Å². The summed E-state index contributed by atoms with van der Waals surface area (Å²) in [6, 6.07) is 6.29. The lowest BCUT2D eigenvalue weighted by Gasteiger charge is -2.02. The molecule has 2 rings (SSSR count). The number of ketones is 1. The van der Waals surface area contributed by atoms with E-state index in [-0.39, 0.29) is 18.0 Å². The topological polar surface area (TPSA) is 72.2 Å². The van der Waals surface area contributed by atoms with E-state index in [1.165, 1.54) is 18.2 Å². The van der Waals surface area contributed by atoms with Gasteiger partial charge < -0.3 is 5.32 Å². The van der Waals surface area contributed by atoms with Gasteiger partial charge in [0, 0.05) is 23.7 Å². The van der Waals surface area contributed by atoms with Gasteiger partial charge in [-0.15, -0.1) is 0 Å². The van der Waals surface area contributed by atoms with E-state index in [0.717, 1.165) is 12.8 Å². The van der Waals surface area contributed by atoms with Crippen molar-refractivity contribution in [3.63, 3.8) is 0 Å². The van der Waals surface area contributed by atoms with E-state index < -0.39 is 4.92 Å². The molecule has 0 radical (unpaired) electrons. The number of carbonyl (C=O) groups is 1. The molecule has 0 aliphatic heterocycles. The zero-order valence-corrected chi connectivity index (χ0v) is 8.68. The van der Waals surface area contributed by atoms with Crippen molar-refractivity contribution < 1.29 is 9.72 Å². The van der Waals surface area contributed by atoms with Gasteiger partial charge in [0.15, 0.2) is 5.78 Å². The summed E-state index contributed by atoms with van der Waals surface area (Å²) in [4.78, 5) is 21.7. The molecule has 0 spiro atoms. The Bertz CT molecular complexity index is 427. The summed E-state index contributed by atoms with van der Waals surface area (Å²) in [7, 11) is 0. The van der Waals surface area contributed by atoms with Crippen LogP contribution in [-0.2, 0) is 0 Å². The maximum atomic E-state index is 11.7. The van der Waals surface area contributed by atoms with Gasteiger partial charge in [-0.2, -0.15) is 0 Å². The molecule has 16 heavy (non-hydrogen) atoms. The van der Waals surface area contributed by atoms with E-state index in [9.17, 15) is 14.9 Å². The average molecular weight is 220 g/mol.